The van der Waals surface area contributed by atoms with Gasteiger partial charge >= 0.3 is 0 Å². The summed E-state index contributed by atoms with van der Waals surface area (Å²) in [4.78, 5) is 26.7. The predicted octanol–water partition coefficient (Wildman–Crippen LogP) is 1.39. The second-order valence-corrected chi connectivity index (χ2v) is 8.96. The minimum absolute atomic E-state index is 0.150. The molecule has 8 heteroatoms. The van der Waals surface area contributed by atoms with Crippen LogP contribution in [0.15, 0.2) is 29.2 Å². The van der Waals surface area contributed by atoms with Gasteiger partial charge in [-0.25, -0.2) is 8.42 Å². The summed E-state index contributed by atoms with van der Waals surface area (Å²) in [6.45, 7) is 1.43. The molecule has 2 amide bonds. The zero-order valence-corrected chi connectivity index (χ0v) is 15.3. The van der Waals surface area contributed by atoms with E-state index in [1.165, 1.54) is 21.3 Å². The first-order valence-corrected chi connectivity index (χ1v) is 10.5. The van der Waals surface area contributed by atoms with Crippen LogP contribution in [0.4, 0.5) is 5.69 Å². The molecule has 0 aromatic heterocycles. The first-order chi connectivity index (χ1) is 12.5. The molecule has 140 valence electrons. The third-order valence-electron chi connectivity index (χ3n) is 5.54. The minimum Gasteiger partial charge on any atom is -0.379 e. The molecular weight excluding hydrogens is 356 g/mol. The van der Waals surface area contributed by atoms with Crippen molar-refractivity contribution in [3.8, 4) is 0 Å². The Morgan fingerprint density at radius 2 is 1.42 bits per heavy atom. The number of nitrogens with zero attached hydrogens (tertiary/aromatic N) is 2. The number of carbonyl (C=O) groups excluding carboxylic acids is 2. The van der Waals surface area contributed by atoms with Gasteiger partial charge in [0, 0.05) is 13.1 Å². The van der Waals surface area contributed by atoms with E-state index < -0.39 is 10.0 Å². The van der Waals surface area contributed by atoms with E-state index in [-0.39, 0.29) is 28.5 Å². The number of sulfonamides is 1. The van der Waals surface area contributed by atoms with Crippen molar-refractivity contribution in [3.63, 3.8) is 0 Å². The molecule has 0 bridgehead atoms. The highest BCUT2D eigenvalue weighted by Crippen LogP contribution is 2.40. The molecule has 0 unspecified atom stereocenters. The maximum Gasteiger partial charge on any atom is 0.243 e. The number of benzene rings is 1. The van der Waals surface area contributed by atoms with Crippen molar-refractivity contribution in [2.45, 2.75) is 30.6 Å². The van der Waals surface area contributed by atoms with E-state index in [0.717, 1.165) is 25.7 Å². The highest BCUT2D eigenvalue weighted by Gasteiger charge is 2.48. The molecule has 2 aliphatic heterocycles. The molecule has 0 N–H and O–H groups in total. The van der Waals surface area contributed by atoms with Gasteiger partial charge in [0.1, 0.15) is 0 Å². The van der Waals surface area contributed by atoms with Crippen molar-refractivity contribution in [2.24, 2.45) is 11.8 Å². The van der Waals surface area contributed by atoms with Crippen molar-refractivity contribution in [3.05, 3.63) is 24.3 Å². The highest BCUT2D eigenvalue weighted by molar-refractivity contribution is 7.89. The number of hydrogen-bond acceptors (Lipinski definition) is 5. The van der Waals surface area contributed by atoms with E-state index >= 15 is 0 Å². The first-order valence-electron chi connectivity index (χ1n) is 9.06. The molecule has 1 saturated carbocycles. The van der Waals surface area contributed by atoms with E-state index in [2.05, 4.69) is 0 Å². The number of carbonyl (C=O) groups is 2. The van der Waals surface area contributed by atoms with Crippen molar-refractivity contribution in [1.82, 2.24) is 4.31 Å². The first kappa shape index (κ1) is 17.6. The maximum absolute atomic E-state index is 12.7. The minimum atomic E-state index is -3.59. The van der Waals surface area contributed by atoms with Crippen LogP contribution in [-0.2, 0) is 24.3 Å². The molecule has 1 aromatic carbocycles. The third kappa shape index (κ3) is 2.86. The summed E-state index contributed by atoms with van der Waals surface area (Å²) in [6, 6.07) is 6.06. The molecule has 2 heterocycles. The van der Waals surface area contributed by atoms with Crippen LogP contribution < -0.4 is 4.90 Å². The number of fused-ring (bicyclic) bond motifs is 1. The van der Waals surface area contributed by atoms with Gasteiger partial charge in [0.15, 0.2) is 0 Å². The molecule has 2 atom stereocenters. The van der Waals surface area contributed by atoms with E-state index in [9.17, 15) is 18.0 Å². The van der Waals surface area contributed by atoms with Crippen LogP contribution in [-0.4, -0.2) is 50.8 Å². The Labute approximate surface area is 153 Å². The zero-order valence-electron chi connectivity index (χ0n) is 14.5. The lowest BCUT2D eigenvalue weighted by Gasteiger charge is -2.26. The van der Waals surface area contributed by atoms with Gasteiger partial charge in [-0.2, -0.15) is 4.31 Å². The van der Waals surface area contributed by atoms with Crippen LogP contribution in [0.3, 0.4) is 0 Å². The maximum atomic E-state index is 12.7. The molecule has 7 nitrogen and oxygen atoms in total. The van der Waals surface area contributed by atoms with Gasteiger partial charge in [-0.1, -0.05) is 12.8 Å². The van der Waals surface area contributed by atoms with Crippen molar-refractivity contribution < 1.29 is 22.7 Å². The van der Waals surface area contributed by atoms with Gasteiger partial charge in [0.25, 0.3) is 0 Å². The fourth-order valence-electron chi connectivity index (χ4n) is 4.12. The van der Waals surface area contributed by atoms with E-state index in [0.29, 0.717) is 32.0 Å². The fourth-order valence-corrected chi connectivity index (χ4v) is 5.53. The van der Waals surface area contributed by atoms with E-state index in [4.69, 9.17) is 4.74 Å². The molecule has 2 saturated heterocycles. The smallest absolute Gasteiger partial charge is 0.243 e. The van der Waals surface area contributed by atoms with Gasteiger partial charge in [-0.05, 0) is 37.1 Å². The Bertz CT molecular complexity index is 790. The number of morpholine rings is 1. The second-order valence-electron chi connectivity index (χ2n) is 7.02. The lowest BCUT2D eigenvalue weighted by Crippen LogP contribution is -2.40. The summed E-state index contributed by atoms with van der Waals surface area (Å²) in [6.07, 6.45) is 3.47. The number of amides is 2. The topological polar surface area (TPSA) is 84.0 Å². The van der Waals surface area contributed by atoms with Crippen LogP contribution in [0, 0.1) is 11.8 Å². The van der Waals surface area contributed by atoms with Gasteiger partial charge in [-0.15, -0.1) is 0 Å². The third-order valence-corrected chi connectivity index (χ3v) is 7.46. The Morgan fingerprint density at radius 1 is 0.885 bits per heavy atom. The summed E-state index contributed by atoms with van der Waals surface area (Å²) < 4.78 is 31.9. The lowest BCUT2D eigenvalue weighted by molar-refractivity contribution is -0.122. The molecule has 3 fully saturated rings. The normalized spacial score (nSPS) is 27.6. The van der Waals surface area contributed by atoms with E-state index in [1.807, 2.05) is 0 Å². The monoisotopic (exact) mass is 378 g/mol. The summed E-state index contributed by atoms with van der Waals surface area (Å²) in [5.41, 5.74) is 0.454. The predicted molar refractivity (Wildman–Crippen MR) is 94.0 cm³/mol. The van der Waals surface area contributed by atoms with Gasteiger partial charge < -0.3 is 4.74 Å². The number of ether oxygens (including phenoxy) is 1. The quantitative estimate of drug-likeness (QED) is 0.742. The summed E-state index contributed by atoms with van der Waals surface area (Å²) in [5, 5.41) is 0. The molecule has 3 aliphatic rings. The standard InChI is InChI=1S/C18H22N2O5S/c21-17-15-3-1-2-4-16(15)18(22)20(17)13-5-7-14(8-6-13)26(23,24)19-9-11-25-12-10-19/h5-8,15-16H,1-4,9-12H2/t15-,16+. The highest BCUT2D eigenvalue weighted by atomic mass is 32.2. The Morgan fingerprint density at radius 3 is 1.96 bits per heavy atom. The molecule has 1 aliphatic carbocycles. The molecule has 0 radical (unpaired) electrons. The SMILES string of the molecule is O=C1[C@H]2CCCC[C@H]2C(=O)N1c1ccc(S(=O)(=O)N2CCOCC2)cc1. The van der Waals surface area contributed by atoms with Crippen LogP contribution in [0.2, 0.25) is 0 Å². The Balaban J connectivity index is 1.58. The average molecular weight is 378 g/mol. The fraction of sp³-hybridized carbons (Fsp3) is 0.556. The number of imide groups is 1. The molecule has 26 heavy (non-hydrogen) atoms. The van der Waals surface area contributed by atoms with E-state index in [1.54, 1.807) is 12.1 Å². The van der Waals surface area contributed by atoms with Crippen LogP contribution in [0.25, 0.3) is 0 Å². The van der Waals surface area contributed by atoms with Crippen LogP contribution in [0.1, 0.15) is 25.7 Å². The van der Waals surface area contributed by atoms with Crippen LogP contribution in [0.5, 0.6) is 0 Å². The second kappa shape index (κ2) is 6.75. The molecule has 0 spiro atoms. The van der Waals surface area contributed by atoms with Crippen molar-refractivity contribution in [1.29, 1.82) is 0 Å². The Hall–Kier alpha value is -1.77. The Kier molecular flexibility index (Phi) is 4.58. The largest absolute Gasteiger partial charge is 0.379 e. The van der Waals surface area contributed by atoms with Crippen molar-refractivity contribution >= 4 is 27.5 Å². The van der Waals surface area contributed by atoms with Crippen molar-refractivity contribution in [2.75, 3.05) is 31.2 Å². The number of anilines is 1. The summed E-state index contributed by atoms with van der Waals surface area (Å²) in [5.74, 6) is -0.729. The summed E-state index contributed by atoms with van der Waals surface area (Å²) in [7, 11) is -3.59. The molecular formula is C18H22N2O5S. The van der Waals surface area contributed by atoms with Gasteiger partial charge in [0.2, 0.25) is 21.8 Å². The molecule has 4 rings (SSSR count). The average Bonchev–Trinajstić information content (AvgIpc) is 2.94. The number of hydrogen-bond donors (Lipinski definition) is 0. The van der Waals surface area contributed by atoms with Gasteiger partial charge in [0.05, 0.1) is 35.6 Å². The summed E-state index contributed by atoms with van der Waals surface area (Å²) >= 11 is 0. The number of rotatable bonds is 3. The zero-order chi connectivity index (χ0) is 18.3. The van der Waals surface area contributed by atoms with Crippen LogP contribution >= 0.6 is 0 Å². The molecule has 1 aromatic rings. The van der Waals surface area contributed by atoms with Gasteiger partial charge in [-0.3, -0.25) is 14.5 Å². The lowest BCUT2D eigenvalue weighted by atomic mass is 9.81.